The molecule has 9 nitrogen and oxygen atoms in total. The first-order valence-electron chi connectivity index (χ1n) is 7.52. The molecule has 0 aliphatic rings. The topological polar surface area (TPSA) is 128 Å². The minimum Gasteiger partial charge on any atom is -0.484 e. The van der Waals surface area contributed by atoms with Gasteiger partial charge in [-0.2, -0.15) is 13.2 Å². The molecule has 0 bridgehead atoms. The van der Waals surface area contributed by atoms with Crippen molar-refractivity contribution in [1.82, 2.24) is 5.32 Å². The number of halogens is 4. The van der Waals surface area contributed by atoms with Gasteiger partial charge in [0.2, 0.25) is 5.75 Å². The average Bonchev–Trinajstić information content (AvgIpc) is 2.48. The fourth-order valence-electron chi connectivity index (χ4n) is 1.87. The SMILES string of the molecule is CC(C)(C)OC(=O)N[C@@H](COc1c([N+](=O)[O-])cc(Br)cc1C(F)(F)F)C(=O)O. The summed E-state index contributed by atoms with van der Waals surface area (Å²) in [6.45, 7) is 3.53. The first-order chi connectivity index (χ1) is 12.6. The van der Waals surface area contributed by atoms with E-state index in [4.69, 9.17) is 14.6 Å². The molecule has 1 atom stereocenters. The lowest BCUT2D eigenvalue weighted by Crippen LogP contribution is -2.46. The minimum absolute atomic E-state index is 0.222. The molecule has 2 N–H and O–H groups in total. The summed E-state index contributed by atoms with van der Waals surface area (Å²) in [5.41, 5.74) is -3.46. The summed E-state index contributed by atoms with van der Waals surface area (Å²) < 4.78 is 49.1. The molecule has 1 aromatic rings. The van der Waals surface area contributed by atoms with Crippen LogP contribution in [0.2, 0.25) is 0 Å². The Labute approximate surface area is 165 Å². The van der Waals surface area contributed by atoms with Crippen molar-refractivity contribution in [3.8, 4) is 5.75 Å². The van der Waals surface area contributed by atoms with Crippen LogP contribution in [0, 0.1) is 10.1 Å². The third-order valence-corrected chi connectivity index (χ3v) is 3.38. The predicted molar refractivity (Wildman–Crippen MR) is 92.1 cm³/mol. The van der Waals surface area contributed by atoms with Crippen LogP contribution >= 0.6 is 15.9 Å². The van der Waals surface area contributed by atoms with Gasteiger partial charge >= 0.3 is 23.9 Å². The molecule has 156 valence electrons. The van der Waals surface area contributed by atoms with E-state index < -0.39 is 58.4 Å². The van der Waals surface area contributed by atoms with Gasteiger partial charge in [0.15, 0.2) is 6.04 Å². The summed E-state index contributed by atoms with van der Waals surface area (Å²) in [5, 5.41) is 22.1. The highest BCUT2D eigenvalue weighted by atomic mass is 79.9. The van der Waals surface area contributed by atoms with E-state index in [1.165, 1.54) is 20.8 Å². The third-order valence-electron chi connectivity index (χ3n) is 2.92. The number of hydrogen-bond acceptors (Lipinski definition) is 6. The zero-order valence-electron chi connectivity index (χ0n) is 14.8. The molecular formula is C15H16BrF3N2O7. The van der Waals surface area contributed by atoms with Gasteiger partial charge in [0, 0.05) is 10.5 Å². The van der Waals surface area contributed by atoms with E-state index in [1.807, 2.05) is 5.32 Å². The number of carbonyl (C=O) groups excluding carboxylic acids is 1. The molecule has 1 rings (SSSR count). The normalized spacial score (nSPS) is 12.8. The number of hydrogen-bond donors (Lipinski definition) is 2. The quantitative estimate of drug-likeness (QED) is 0.476. The number of alkyl carbamates (subject to hydrolysis) is 1. The molecule has 0 fully saturated rings. The summed E-state index contributed by atoms with van der Waals surface area (Å²) in [7, 11) is 0. The Morgan fingerprint density at radius 2 is 1.89 bits per heavy atom. The smallest absolute Gasteiger partial charge is 0.420 e. The number of ether oxygens (including phenoxy) is 2. The van der Waals surface area contributed by atoms with Crippen LogP contribution in [-0.2, 0) is 15.7 Å². The van der Waals surface area contributed by atoms with Crippen LogP contribution in [0.15, 0.2) is 16.6 Å². The first kappa shape index (κ1) is 23.5. The third kappa shape index (κ3) is 6.87. The lowest BCUT2D eigenvalue weighted by molar-refractivity contribution is -0.386. The molecule has 1 amide bonds. The number of nitrogens with zero attached hydrogens (tertiary/aromatic N) is 1. The number of carboxylic acid groups (broad SMARTS) is 1. The zero-order valence-corrected chi connectivity index (χ0v) is 16.4. The monoisotopic (exact) mass is 472 g/mol. The Balaban J connectivity index is 3.16. The lowest BCUT2D eigenvalue weighted by atomic mass is 10.1. The number of carbonyl (C=O) groups is 2. The minimum atomic E-state index is -5.01. The van der Waals surface area contributed by atoms with Crippen molar-refractivity contribution in [3.05, 3.63) is 32.3 Å². The lowest BCUT2D eigenvalue weighted by Gasteiger charge is -2.22. The number of benzene rings is 1. The number of rotatable bonds is 6. The van der Waals surface area contributed by atoms with Crippen LogP contribution in [0.1, 0.15) is 26.3 Å². The van der Waals surface area contributed by atoms with E-state index in [9.17, 15) is 32.9 Å². The van der Waals surface area contributed by atoms with Crippen LogP contribution in [-0.4, -0.2) is 40.3 Å². The van der Waals surface area contributed by atoms with Crippen LogP contribution in [0.4, 0.5) is 23.7 Å². The van der Waals surface area contributed by atoms with E-state index in [2.05, 4.69) is 15.9 Å². The highest BCUT2D eigenvalue weighted by molar-refractivity contribution is 9.10. The molecule has 13 heteroatoms. The van der Waals surface area contributed by atoms with Crippen LogP contribution in [0.25, 0.3) is 0 Å². The summed E-state index contributed by atoms with van der Waals surface area (Å²) in [6.07, 6.45) is -6.16. The van der Waals surface area contributed by atoms with Gasteiger partial charge < -0.3 is 19.9 Å². The Hall–Kier alpha value is -2.57. The Morgan fingerprint density at radius 1 is 1.32 bits per heavy atom. The molecule has 1 aromatic carbocycles. The highest BCUT2D eigenvalue weighted by Crippen LogP contribution is 2.43. The second kappa shape index (κ2) is 8.63. The van der Waals surface area contributed by atoms with Gasteiger partial charge in [0.25, 0.3) is 0 Å². The molecule has 0 aliphatic carbocycles. The maximum absolute atomic E-state index is 13.2. The van der Waals surface area contributed by atoms with Crippen molar-refractivity contribution in [1.29, 1.82) is 0 Å². The number of carboxylic acids is 1. The van der Waals surface area contributed by atoms with Gasteiger partial charge in [-0.25, -0.2) is 9.59 Å². The van der Waals surface area contributed by atoms with Gasteiger partial charge in [-0.1, -0.05) is 15.9 Å². The van der Waals surface area contributed by atoms with E-state index in [-0.39, 0.29) is 4.47 Å². The predicted octanol–water partition coefficient (Wildman–Crippen LogP) is 3.73. The van der Waals surface area contributed by atoms with Crippen molar-refractivity contribution in [2.24, 2.45) is 0 Å². The van der Waals surface area contributed by atoms with Crippen molar-refractivity contribution < 1.29 is 42.3 Å². The van der Waals surface area contributed by atoms with Crippen molar-refractivity contribution >= 4 is 33.7 Å². The van der Waals surface area contributed by atoms with Gasteiger partial charge in [-0.3, -0.25) is 10.1 Å². The second-order valence-corrected chi connectivity index (χ2v) is 7.32. The molecule has 0 radical (unpaired) electrons. The van der Waals surface area contributed by atoms with Crippen LogP contribution < -0.4 is 10.1 Å². The second-order valence-electron chi connectivity index (χ2n) is 6.40. The zero-order chi connectivity index (χ0) is 21.9. The van der Waals surface area contributed by atoms with Gasteiger partial charge in [0.05, 0.1) is 4.92 Å². The summed E-state index contributed by atoms with van der Waals surface area (Å²) in [6, 6.07) is -0.486. The number of nitrogens with one attached hydrogen (secondary N) is 1. The number of nitro groups is 1. The molecule has 0 aliphatic heterocycles. The Bertz CT molecular complexity index is 778. The van der Waals surface area contributed by atoms with Crippen molar-refractivity contribution in [2.75, 3.05) is 6.61 Å². The Kier molecular flexibility index (Phi) is 7.23. The van der Waals surface area contributed by atoms with Gasteiger partial charge in [-0.15, -0.1) is 0 Å². The number of alkyl halides is 3. The Morgan fingerprint density at radius 3 is 2.32 bits per heavy atom. The van der Waals surface area contributed by atoms with Crippen LogP contribution in [0.5, 0.6) is 5.75 Å². The number of aliphatic carboxylic acids is 1. The molecule has 0 saturated heterocycles. The van der Waals surface area contributed by atoms with E-state index >= 15 is 0 Å². The molecule has 0 saturated carbocycles. The molecule has 0 spiro atoms. The molecular weight excluding hydrogens is 457 g/mol. The van der Waals surface area contributed by atoms with E-state index in [0.717, 1.165) is 6.07 Å². The van der Waals surface area contributed by atoms with E-state index in [1.54, 1.807) is 0 Å². The highest BCUT2D eigenvalue weighted by Gasteiger charge is 2.39. The molecule has 28 heavy (non-hydrogen) atoms. The van der Waals surface area contributed by atoms with Gasteiger partial charge in [-0.05, 0) is 26.8 Å². The molecule has 0 aromatic heterocycles. The molecule has 0 heterocycles. The number of amides is 1. The summed E-state index contributed by atoms with van der Waals surface area (Å²) in [5.74, 6) is -2.81. The largest absolute Gasteiger partial charge is 0.484 e. The first-order valence-corrected chi connectivity index (χ1v) is 8.31. The maximum atomic E-state index is 13.2. The fraction of sp³-hybridized carbons (Fsp3) is 0.467. The van der Waals surface area contributed by atoms with Gasteiger partial charge in [0.1, 0.15) is 17.8 Å². The summed E-state index contributed by atoms with van der Waals surface area (Å²) in [4.78, 5) is 32.9. The average molecular weight is 473 g/mol. The van der Waals surface area contributed by atoms with Crippen molar-refractivity contribution in [2.45, 2.75) is 38.6 Å². The fourth-order valence-corrected chi connectivity index (χ4v) is 2.31. The standard InChI is InChI=1S/C15H16BrF3N2O7/c1-14(2,3)28-13(24)20-9(12(22)23)6-27-11-8(15(17,18)19)4-7(16)5-10(11)21(25)26/h4-5,9H,6H2,1-3H3,(H,20,24)(H,22,23)/t9-/m0/s1. The van der Waals surface area contributed by atoms with Crippen molar-refractivity contribution in [3.63, 3.8) is 0 Å². The van der Waals surface area contributed by atoms with E-state index in [0.29, 0.717) is 6.07 Å². The van der Waals surface area contributed by atoms with Crippen LogP contribution in [0.3, 0.4) is 0 Å². The number of nitro benzene ring substituents is 1. The maximum Gasteiger partial charge on any atom is 0.420 e. The summed E-state index contributed by atoms with van der Waals surface area (Å²) >= 11 is 2.74. The molecule has 0 unspecified atom stereocenters.